The minimum atomic E-state index is -2.39. The molecule has 0 radical (unpaired) electrons. The van der Waals surface area contributed by atoms with Gasteiger partial charge in [-0.1, -0.05) is 12.1 Å². The lowest BCUT2D eigenvalue weighted by Gasteiger charge is -2.00. The largest absolute Gasteiger partial charge is 0.491 e. The van der Waals surface area contributed by atoms with Crippen LogP contribution >= 0.6 is 0 Å². The summed E-state index contributed by atoms with van der Waals surface area (Å²) in [7, 11) is -1.93. The topological polar surface area (TPSA) is 40.5 Å². The molecular weight excluding hydrogens is 146 g/mol. The van der Waals surface area contributed by atoms with E-state index in [0.29, 0.717) is 0 Å². The molecule has 0 aromatic heterocycles. The molecule has 4 heteroatoms. The predicted molar refractivity (Wildman–Crippen MR) is 41.0 cm³/mol. The van der Waals surface area contributed by atoms with Gasteiger partial charge in [0, 0.05) is 9.58 Å². The van der Waals surface area contributed by atoms with Crippen LogP contribution < -0.4 is 5.46 Å². The van der Waals surface area contributed by atoms with Crippen LogP contribution in [0.2, 0.25) is 0 Å². The maximum absolute atomic E-state index is 13.1. The molecule has 11 heavy (non-hydrogen) atoms. The molecule has 0 saturated heterocycles. The van der Waals surface area contributed by atoms with Gasteiger partial charge in [-0.2, -0.15) is 0 Å². The van der Waals surface area contributed by atoms with Crippen molar-refractivity contribution in [3.8, 4) is 0 Å². The van der Waals surface area contributed by atoms with Crippen molar-refractivity contribution >= 4 is 12.6 Å². The molecule has 0 unspecified atom stereocenters. The first-order valence-corrected chi connectivity index (χ1v) is 2.98. The summed E-state index contributed by atoms with van der Waals surface area (Å²) < 4.78 is 34.0. The van der Waals surface area contributed by atoms with Gasteiger partial charge in [-0.3, -0.25) is 0 Å². The highest BCUT2D eigenvalue weighted by atomic mass is 19.1. The van der Waals surface area contributed by atoms with Gasteiger partial charge in [0.05, 0.1) is 0 Å². The molecule has 58 valence electrons. The zero-order valence-electron chi connectivity index (χ0n) is 8.58. The number of hydrogen-bond acceptors (Lipinski definition) is 2. The van der Waals surface area contributed by atoms with Gasteiger partial charge in [0.25, 0.3) is 0 Å². The Kier molecular flexibility index (Phi) is 1.35. The summed E-state index contributed by atoms with van der Waals surface area (Å²) in [4.78, 5) is 0. The Balaban J connectivity index is 3.13. The van der Waals surface area contributed by atoms with Crippen LogP contribution in [0.5, 0.6) is 0 Å². The number of aryl methyl sites for hydroxylation is 1. The normalized spacial score (nSPS) is 15.0. The van der Waals surface area contributed by atoms with Gasteiger partial charge in [-0.05, 0) is 18.5 Å². The van der Waals surface area contributed by atoms with Crippen LogP contribution in [-0.2, 0) is 0 Å². The summed E-state index contributed by atoms with van der Waals surface area (Å²) in [5.41, 5.74) is -0.502. The Labute approximate surface area is 68.7 Å². The fourth-order valence-corrected chi connectivity index (χ4v) is 0.737. The second-order valence-corrected chi connectivity index (χ2v) is 2.11. The first-order chi connectivity index (χ1) is 6.32. The zero-order valence-corrected chi connectivity index (χ0v) is 5.58. The monoisotopic (exact) mass is 157 g/mol. The van der Waals surface area contributed by atoms with Crippen molar-refractivity contribution in [2.45, 2.75) is 6.85 Å². The molecule has 1 aromatic rings. The average Bonchev–Trinajstić information content (AvgIpc) is 2.01. The fourth-order valence-electron chi connectivity index (χ4n) is 0.737. The van der Waals surface area contributed by atoms with Crippen LogP contribution in [0.25, 0.3) is 0 Å². The number of rotatable bonds is 1. The van der Waals surface area contributed by atoms with Crippen LogP contribution in [0.1, 0.15) is 9.68 Å². The molecule has 0 aliphatic rings. The van der Waals surface area contributed by atoms with E-state index in [-0.39, 0.29) is 11.0 Å². The van der Waals surface area contributed by atoms with Gasteiger partial charge in [0.15, 0.2) is 0 Å². The summed E-state index contributed by atoms with van der Waals surface area (Å²) in [5.74, 6) is -0.936. The molecule has 0 aliphatic carbocycles. The lowest BCUT2D eigenvalue weighted by atomic mass is 9.79. The van der Waals surface area contributed by atoms with Crippen molar-refractivity contribution in [1.29, 1.82) is 0 Å². The molecular formula is C7H8BFO2. The number of hydrogen-bond donors (Lipinski definition) is 2. The molecule has 0 aliphatic heterocycles. The molecule has 0 bridgehead atoms. The third-order valence-electron chi connectivity index (χ3n) is 1.28. The summed E-state index contributed by atoms with van der Waals surface area (Å²) >= 11 is 0. The number of halogens is 1. The Hall–Kier alpha value is -0.865. The minimum absolute atomic E-state index is 0.167. The van der Waals surface area contributed by atoms with Crippen LogP contribution in [0.15, 0.2) is 18.2 Å². The Morgan fingerprint density at radius 1 is 1.55 bits per heavy atom. The molecule has 1 rings (SSSR count). The third-order valence-corrected chi connectivity index (χ3v) is 1.28. The number of benzene rings is 1. The van der Waals surface area contributed by atoms with Crippen molar-refractivity contribution in [1.82, 2.24) is 0 Å². The molecule has 0 spiro atoms. The van der Waals surface area contributed by atoms with E-state index in [4.69, 9.17) is 14.2 Å². The van der Waals surface area contributed by atoms with E-state index >= 15 is 0 Å². The molecule has 2 N–H and O–H groups in total. The minimum Gasteiger partial charge on any atom is -0.423 e. The maximum atomic E-state index is 13.1. The highest BCUT2D eigenvalue weighted by Gasteiger charge is 2.15. The second-order valence-electron chi connectivity index (χ2n) is 2.11. The van der Waals surface area contributed by atoms with Crippen LogP contribution in [0, 0.1) is 12.7 Å². The van der Waals surface area contributed by atoms with E-state index in [1.807, 2.05) is 0 Å². The molecule has 0 amide bonds. The standard InChI is InChI=1S/C7H8BFO2/c1-5-2-3-6(8(10)11)7(9)4-5/h2-4,10-11H,1H3/i1D3. The SMILES string of the molecule is [2H]C([2H])([2H])c1ccc(B(O)O)c(F)c1. The average molecular weight is 157 g/mol. The van der Waals surface area contributed by atoms with Crippen LogP contribution in [0.4, 0.5) is 4.39 Å². The van der Waals surface area contributed by atoms with Crippen LogP contribution in [0.3, 0.4) is 0 Å². The summed E-state index contributed by atoms with van der Waals surface area (Å²) in [6, 6.07) is 2.97. The van der Waals surface area contributed by atoms with E-state index in [0.717, 1.165) is 18.2 Å². The quantitative estimate of drug-likeness (QED) is 0.554. The van der Waals surface area contributed by atoms with Gasteiger partial charge in [-0.15, -0.1) is 0 Å². The maximum Gasteiger partial charge on any atom is 0.491 e. The van der Waals surface area contributed by atoms with E-state index in [1.54, 1.807) is 0 Å². The molecule has 2 nitrogen and oxygen atoms in total. The Bertz CT molecular complexity index is 340. The van der Waals surface area contributed by atoms with Crippen molar-refractivity contribution in [2.75, 3.05) is 0 Å². The van der Waals surface area contributed by atoms with Gasteiger partial charge in [0.1, 0.15) is 5.82 Å². The molecule has 0 heterocycles. The van der Waals surface area contributed by atoms with E-state index in [9.17, 15) is 4.39 Å². The third kappa shape index (κ3) is 1.79. The van der Waals surface area contributed by atoms with Gasteiger partial charge >= 0.3 is 7.12 Å². The van der Waals surface area contributed by atoms with Gasteiger partial charge in [-0.25, -0.2) is 4.39 Å². The van der Waals surface area contributed by atoms with Gasteiger partial charge < -0.3 is 10.0 Å². The predicted octanol–water partition coefficient (Wildman–Crippen LogP) is -0.186. The van der Waals surface area contributed by atoms with Crippen molar-refractivity contribution in [2.24, 2.45) is 0 Å². The first kappa shape index (κ1) is 4.90. The van der Waals surface area contributed by atoms with E-state index in [2.05, 4.69) is 0 Å². The first-order valence-electron chi connectivity index (χ1n) is 4.48. The molecule has 0 fully saturated rings. The van der Waals surface area contributed by atoms with E-state index in [1.165, 1.54) is 0 Å². The van der Waals surface area contributed by atoms with Gasteiger partial charge in [0.2, 0.25) is 0 Å². The lowest BCUT2D eigenvalue weighted by molar-refractivity contribution is 0.423. The van der Waals surface area contributed by atoms with E-state index < -0.39 is 19.8 Å². The molecule has 1 aromatic carbocycles. The highest BCUT2D eigenvalue weighted by molar-refractivity contribution is 6.58. The smallest absolute Gasteiger partial charge is 0.423 e. The van der Waals surface area contributed by atoms with Crippen molar-refractivity contribution < 1.29 is 18.6 Å². The Morgan fingerprint density at radius 2 is 2.27 bits per heavy atom. The lowest BCUT2D eigenvalue weighted by Crippen LogP contribution is -2.32. The molecule has 0 saturated carbocycles. The Morgan fingerprint density at radius 3 is 2.73 bits per heavy atom. The molecule has 0 atom stereocenters. The van der Waals surface area contributed by atoms with Crippen molar-refractivity contribution in [3.63, 3.8) is 0 Å². The van der Waals surface area contributed by atoms with Crippen LogP contribution in [-0.4, -0.2) is 17.2 Å². The zero-order chi connectivity index (χ0) is 10.9. The summed E-state index contributed by atoms with van der Waals surface area (Å²) in [5, 5.41) is 17.3. The summed E-state index contributed by atoms with van der Waals surface area (Å²) in [6.07, 6.45) is 0. The fraction of sp³-hybridized carbons (Fsp3) is 0.143. The van der Waals surface area contributed by atoms with Crippen molar-refractivity contribution in [3.05, 3.63) is 29.6 Å². The highest BCUT2D eigenvalue weighted by Crippen LogP contribution is 1.99. The second kappa shape index (κ2) is 3.03. The summed E-state index contributed by atoms with van der Waals surface area (Å²) in [6.45, 7) is -2.39.